The lowest BCUT2D eigenvalue weighted by atomic mass is 10.2. The van der Waals surface area contributed by atoms with Gasteiger partial charge in [-0.2, -0.15) is 0 Å². The molecule has 1 amide bonds. The Bertz CT molecular complexity index is 444. The number of halogens is 1. The Kier molecular flexibility index (Phi) is 4.21. The first kappa shape index (κ1) is 13.3. The highest BCUT2D eigenvalue weighted by molar-refractivity contribution is 9.10. The highest BCUT2D eigenvalue weighted by Gasteiger charge is 2.18. The summed E-state index contributed by atoms with van der Waals surface area (Å²) in [7, 11) is 2.07. The Balaban J connectivity index is 2.01. The fourth-order valence-electron chi connectivity index (χ4n) is 1.86. The van der Waals surface area contributed by atoms with E-state index in [1.165, 1.54) is 0 Å². The molecular formula is C12H17BrN4O. The number of hydrogen-bond donors (Lipinski definition) is 2. The summed E-state index contributed by atoms with van der Waals surface area (Å²) in [5, 5.41) is 1.93. The fourth-order valence-corrected chi connectivity index (χ4v) is 2.22. The number of para-hydroxylation sites is 1. The monoisotopic (exact) mass is 312 g/mol. The first-order chi connectivity index (χ1) is 8.58. The third-order valence-electron chi connectivity index (χ3n) is 3.06. The summed E-state index contributed by atoms with van der Waals surface area (Å²) in [6, 6.07) is 5.35. The number of nitrogens with two attached hydrogens (primary N) is 1. The van der Waals surface area contributed by atoms with Gasteiger partial charge in [-0.1, -0.05) is 6.07 Å². The second-order valence-electron chi connectivity index (χ2n) is 4.43. The zero-order chi connectivity index (χ0) is 13.1. The largest absolute Gasteiger partial charge is 0.397 e. The third kappa shape index (κ3) is 3.01. The number of hydrogen-bond acceptors (Lipinski definition) is 4. The van der Waals surface area contributed by atoms with Crippen LogP contribution in [0.4, 0.5) is 5.69 Å². The predicted molar refractivity (Wildman–Crippen MR) is 75.1 cm³/mol. The van der Waals surface area contributed by atoms with Crippen molar-refractivity contribution in [3.8, 4) is 0 Å². The summed E-state index contributed by atoms with van der Waals surface area (Å²) in [4.78, 5) is 14.3. The summed E-state index contributed by atoms with van der Waals surface area (Å²) in [5.41, 5.74) is 9.75. The third-order valence-corrected chi connectivity index (χ3v) is 3.75. The van der Waals surface area contributed by atoms with Gasteiger partial charge in [-0.25, -0.2) is 5.01 Å². The Hall–Kier alpha value is -1.11. The molecule has 0 unspecified atom stereocenters. The van der Waals surface area contributed by atoms with Crippen molar-refractivity contribution in [2.24, 2.45) is 0 Å². The van der Waals surface area contributed by atoms with Crippen LogP contribution in [0.1, 0.15) is 10.4 Å². The van der Waals surface area contributed by atoms with Crippen LogP contribution in [0.2, 0.25) is 0 Å². The van der Waals surface area contributed by atoms with E-state index in [9.17, 15) is 4.79 Å². The lowest BCUT2D eigenvalue weighted by Gasteiger charge is -2.32. The molecule has 0 radical (unpaired) electrons. The molecule has 1 saturated heterocycles. The molecule has 1 heterocycles. The summed E-state index contributed by atoms with van der Waals surface area (Å²) >= 11 is 3.32. The van der Waals surface area contributed by atoms with Crippen molar-refractivity contribution in [1.29, 1.82) is 0 Å². The molecule has 18 heavy (non-hydrogen) atoms. The molecule has 2 rings (SSSR count). The number of carbonyl (C=O) groups is 1. The molecule has 0 aliphatic carbocycles. The van der Waals surface area contributed by atoms with E-state index in [0.717, 1.165) is 30.7 Å². The fraction of sp³-hybridized carbons (Fsp3) is 0.417. The number of carbonyl (C=O) groups excluding carboxylic acids is 1. The van der Waals surface area contributed by atoms with E-state index in [1.807, 2.05) is 11.1 Å². The van der Waals surface area contributed by atoms with Crippen molar-refractivity contribution in [2.45, 2.75) is 0 Å². The van der Waals surface area contributed by atoms with Gasteiger partial charge in [0.15, 0.2) is 0 Å². The molecule has 3 N–H and O–H groups in total. The SMILES string of the molecule is CN1CCN(NC(=O)c2cccc(Br)c2N)CC1. The molecule has 1 fully saturated rings. The minimum absolute atomic E-state index is 0.154. The molecule has 0 saturated carbocycles. The van der Waals surface area contributed by atoms with Crippen LogP contribution in [0.15, 0.2) is 22.7 Å². The summed E-state index contributed by atoms with van der Waals surface area (Å²) in [6.45, 7) is 3.56. The van der Waals surface area contributed by atoms with E-state index < -0.39 is 0 Å². The molecule has 0 bridgehead atoms. The number of hydrazine groups is 1. The molecule has 5 nitrogen and oxygen atoms in total. The smallest absolute Gasteiger partial charge is 0.267 e. The number of benzene rings is 1. The van der Waals surface area contributed by atoms with Gasteiger partial charge in [0.25, 0.3) is 5.91 Å². The number of piperazine rings is 1. The first-order valence-corrected chi connectivity index (χ1v) is 6.65. The van der Waals surface area contributed by atoms with Gasteiger partial charge < -0.3 is 10.6 Å². The number of anilines is 1. The van der Waals surface area contributed by atoms with Crippen molar-refractivity contribution in [3.05, 3.63) is 28.2 Å². The molecule has 1 aromatic carbocycles. The van der Waals surface area contributed by atoms with Crippen LogP contribution in [0, 0.1) is 0 Å². The first-order valence-electron chi connectivity index (χ1n) is 5.86. The lowest BCUT2D eigenvalue weighted by molar-refractivity contribution is 0.0663. The summed E-state index contributed by atoms with van der Waals surface area (Å²) < 4.78 is 0.744. The molecule has 0 atom stereocenters. The maximum absolute atomic E-state index is 12.1. The summed E-state index contributed by atoms with van der Waals surface area (Å²) in [6.07, 6.45) is 0. The van der Waals surface area contributed by atoms with Crippen LogP contribution in [-0.4, -0.2) is 49.0 Å². The second-order valence-corrected chi connectivity index (χ2v) is 5.29. The number of nitrogens with zero attached hydrogens (tertiary/aromatic N) is 2. The zero-order valence-electron chi connectivity index (χ0n) is 10.3. The highest BCUT2D eigenvalue weighted by atomic mass is 79.9. The Morgan fingerprint density at radius 2 is 2.00 bits per heavy atom. The van der Waals surface area contributed by atoms with Gasteiger partial charge >= 0.3 is 0 Å². The van der Waals surface area contributed by atoms with Gasteiger partial charge in [-0.15, -0.1) is 0 Å². The van der Waals surface area contributed by atoms with Crippen molar-refractivity contribution in [2.75, 3.05) is 39.0 Å². The number of rotatable bonds is 2. The van der Waals surface area contributed by atoms with Gasteiger partial charge in [-0.3, -0.25) is 10.2 Å². The van der Waals surface area contributed by atoms with Gasteiger partial charge in [-0.05, 0) is 35.1 Å². The van der Waals surface area contributed by atoms with Crippen molar-refractivity contribution in [3.63, 3.8) is 0 Å². The van der Waals surface area contributed by atoms with Crippen LogP contribution in [-0.2, 0) is 0 Å². The van der Waals surface area contributed by atoms with E-state index in [4.69, 9.17) is 5.73 Å². The maximum atomic E-state index is 12.1. The van der Waals surface area contributed by atoms with Crippen molar-refractivity contribution in [1.82, 2.24) is 15.3 Å². The minimum atomic E-state index is -0.154. The lowest BCUT2D eigenvalue weighted by Crippen LogP contribution is -2.52. The molecule has 6 heteroatoms. The molecule has 0 spiro atoms. The Morgan fingerprint density at radius 3 is 2.67 bits per heavy atom. The molecule has 98 valence electrons. The molecule has 1 aliphatic rings. The zero-order valence-corrected chi connectivity index (χ0v) is 11.9. The van der Waals surface area contributed by atoms with Crippen LogP contribution in [0.25, 0.3) is 0 Å². The van der Waals surface area contributed by atoms with Crippen molar-refractivity contribution < 1.29 is 4.79 Å². The maximum Gasteiger partial charge on any atom is 0.267 e. The number of amides is 1. The normalized spacial score (nSPS) is 17.7. The van der Waals surface area contributed by atoms with Gasteiger partial charge in [0.05, 0.1) is 11.3 Å². The standard InChI is InChI=1S/C12H17BrN4O/c1-16-5-7-17(8-6-16)15-12(18)9-3-2-4-10(13)11(9)14/h2-4H,5-8,14H2,1H3,(H,15,18). The van der Waals surface area contributed by atoms with E-state index in [2.05, 4.69) is 33.3 Å². The van der Waals surface area contributed by atoms with Gasteiger partial charge in [0.2, 0.25) is 0 Å². The molecule has 1 aliphatic heterocycles. The molecule has 1 aromatic rings. The van der Waals surface area contributed by atoms with Gasteiger partial charge in [0.1, 0.15) is 0 Å². The van der Waals surface area contributed by atoms with E-state index in [0.29, 0.717) is 11.3 Å². The molecule has 0 aromatic heterocycles. The van der Waals surface area contributed by atoms with Crippen LogP contribution >= 0.6 is 15.9 Å². The van der Waals surface area contributed by atoms with Crippen LogP contribution < -0.4 is 11.2 Å². The minimum Gasteiger partial charge on any atom is -0.397 e. The van der Waals surface area contributed by atoms with Crippen molar-refractivity contribution >= 4 is 27.5 Å². The average Bonchev–Trinajstić information content (AvgIpc) is 2.35. The summed E-state index contributed by atoms with van der Waals surface area (Å²) in [5.74, 6) is -0.154. The number of nitrogen functional groups attached to an aromatic ring is 1. The van der Waals surface area contributed by atoms with Gasteiger partial charge in [0, 0.05) is 30.7 Å². The highest BCUT2D eigenvalue weighted by Crippen LogP contribution is 2.22. The molecular weight excluding hydrogens is 296 g/mol. The quantitative estimate of drug-likeness (QED) is 0.797. The van der Waals surface area contributed by atoms with E-state index >= 15 is 0 Å². The average molecular weight is 313 g/mol. The second kappa shape index (κ2) is 5.69. The topological polar surface area (TPSA) is 61.6 Å². The Labute approximate surface area is 115 Å². The Morgan fingerprint density at radius 1 is 1.33 bits per heavy atom. The van der Waals surface area contributed by atoms with E-state index in [-0.39, 0.29) is 5.91 Å². The predicted octanol–water partition coefficient (Wildman–Crippen LogP) is 0.923. The number of likely N-dealkylation sites (N-methyl/N-ethyl adjacent to an activating group) is 1. The van der Waals surface area contributed by atoms with E-state index in [1.54, 1.807) is 12.1 Å². The number of nitrogens with one attached hydrogen (secondary N) is 1. The van der Waals surface area contributed by atoms with Crippen LogP contribution in [0.5, 0.6) is 0 Å². The van der Waals surface area contributed by atoms with Crippen LogP contribution in [0.3, 0.4) is 0 Å².